The van der Waals surface area contributed by atoms with E-state index in [4.69, 9.17) is 0 Å². The summed E-state index contributed by atoms with van der Waals surface area (Å²) in [6.45, 7) is 1.74. The van der Waals surface area contributed by atoms with Gasteiger partial charge in [-0.25, -0.2) is 4.39 Å². The average Bonchev–Trinajstić information content (AvgIpc) is 2.58. The van der Waals surface area contributed by atoms with Crippen molar-refractivity contribution in [1.82, 2.24) is 4.98 Å². The Morgan fingerprint density at radius 2 is 2.12 bits per heavy atom. The number of aliphatic hydroxyl groups is 1. The highest BCUT2D eigenvalue weighted by Crippen LogP contribution is 2.33. The van der Waals surface area contributed by atoms with E-state index in [2.05, 4.69) is 11.1 Å². The lowest BCUT2D eigenvalue weighted by molar-refractivity contribution is 0.0883. The third-order valence-corrected chi connectivity index (χ3v) is 3.39. The lowest BCUT2D eigenvalue weighted by atomic mass is 9.88. The van der Waals surface area contributed by atoms with Crippen LogP contribution in [0.25, 0.3) is 0 Å². The Morgan fingerprint density at radius 3 is 2.82 bits per heavy atom. The Bertz CT molecular complexity index is 409. The summed E-state index contributed by atoms with van der Waals surface area (Å²) in [5.41, 5.74) is 0.457. The number of allylic oxidation sites excluding steroid dienone is 1. The van der Waals surface area contributed by atoms with Gasteiger partial charge >= 0.3 is 0 Å². The molecule has 92 valence electrons. The largest absolute Gasteiger partial charge is 0.379 e. The minimum Gasteiger partial charge on any atom is -0.379 e. The van der Waals surface area contributed by atoms with Gasteiger partial charge in [0.2, 0.25) is 0 Å². The van der Waals surface area contributed by atoms with Gasteiger partial charge in [-0.15, -0.1) is 0 Å². The fourth-order valence-electron chi connectivity index (χ4n) is 2.29. The van der Waals surface area contributed by atoms with Gasteiger partial charge in [-0.3, -0.25) is 4.98 Å². The second-order valence-corrected chi connectivity index (χ2v) is 4.76. The second kappa shape index (κ2) is 4.96. The van der Waals surface area contributed by atoms with E-state index < -0.39 is 5.60 Å². The first-order valence-electron chi connectivity index (χ1n) is 6.14. The minimum atomic E-state index is -1.07. The van der Waals surface area contributed by atoms with Crippen LogP contribution in [0.1, 0.15) is 44.7 Å². The first-order valence-corrected chi connectivity index (χ1v) is 6.14. The molecule has 17 heavy (non-hydrogen) atoms. The number of pyridine rings is 1. The molecule has 0 spiro atoms. The SMILES string of the molecule is CC(O)(C1=CCCCCC1)c1ccc(F)cn1. The van der Waals surface area contributed by atoms with E-state index in [9.17, 15) is 9.50 Å². The van der Waals surface area contributed by atoms with Crippen molar-refractivity contribution in [3.05, 3.63) is 41.5 Å². The molecule has 1 aliphatic rings. The number of rotatable bonds is 2. The average molecular weight is 235 g/mol. The molecule has 1 N–H and O–H groups in total. The summed E-state index contributed by atoms with van der Waals surface area (Å²) >= 11 is 0. The van der Waals surface area contributed by atoms with Crippen LogP contribution in [-0.2, 0) is 5.60 Å². The van der Waals surface area contributed by atoms with Crippen LogP contribution in [0.3, 0.4) is 0 Å². The summed E-state index contributed by atoms with van der Waals surface area (Å²) in [6, 6.07) is 2.90. The van der Waals surface area contributed by atoms with E-state index in [-0.39, 0.29) is 5.82 Å². The van der Waals surface area contributed by atoms with Crippen molar-refractivity contribution < 1.29 is 9.50 Å². The molecular formula is C14H18FNO. The number of aromatic nitrogens is 1. The first kappa shape index (κ1) is 12.2. The fraction of sp³-hybridized carbons (Fsp3) is 0.500. The molecule has 1 heterocycles. The topological polar surface area (TPSA) is 33.1 Å². The van der Waals surface area contributed by atoms with Crippen LogP contribution >= 0.6 is 0 Å². The minimum absolute atomic E-state index is 0.376. The fourth-order valence-corrected chi connectivity index (χ4v) is 2.29. The van der Waals surface area contributed by atoms with Gasteiger partial charge in [0, 0.05) is 0 Å². The molecule has 1 atom stereocenters. The van der Waals surface area contributed by atoms with Crippen LogP contribution in [0, 0.1) is 5.82 Å². The smallest absolute Gasteiger partial charge is 0.141 e. The highest BCUT2D eigenvalue weighted by molar-refractivity contribution is 5.27. The van der Waals surface area contributed by atoms with Gasteiger partial charge in [-0.2, -0.15) is 0 Å². The van der Waals surface area contributed by atoms with Crippen LogP contribution in [0.4, 0.5) is 4.39 Å². The van der Waals surface area contributed by atoms with Crippen molar-refractivity contribution in [1.29, 1.82) is 0 Å². The third kappa shape index (κ3) is 2.72. The number of nitrogens with zero attached hydrogens (tertiary/aromatic N) is 1. The Hall–Kier alpha value is -1.22. The second-order valence-electron chi connectivity index (χ2n) is 4.76. The van der Waals surface area contributed by atoms with Gasteiger partial charge in [0.05, 0.1) is 11.9 Å². The molecule has 1 aliphatic carbocycles. The van der Waals surface area contributed by atoms with E-state index in [0.29, 0.717) is 5.69 Å². The zero-order valence-electron chi connectivity index (χ0n) is 10.1. The molecule has 1 aromatic heterocycles. The number of halogens is 1. The Kier molecular flexibility index (Phi) is 3.57. The monoisotopic (exact) mass is 235 g/mol. The predicted octanol–water partition coefficient (Wildman–Crippen LogP) is 3.32. The van der Waals surface area contributed by atoms with Crippen molar-refractivity contribution >= 4 is 0 Å². The molecule has 0 fully saturated rings. The first-order chi connectivity index (χ1) is 8.10. The van der Waals surface area contributed by atoms with Crippen LogP contribution in [0.5, 0.6) is 0 Å². The maximum Gasteiger partial charge on any atom is 0.141 e. The van der Waals surface area contributed by atoms with E-state index in [1.54, 1.807) is 13.0 Å². The normalized spacial score (nSPS) is 20.3. The predicted molar refractivity (Wildman–Crippen MR) is 64.9 cm³/mol. The molecule has 1 unspecified atom stereocenters. The highest BCUT2D eigenvalue weighted by Gasteiger charge is 2.29. The van der Waals surface area contributed by atoms with Gasteiger partial charge < -0.3 is 5.11 Å². The molecule has 2 nitrogen and oxygen atoms in total. The standard InChI is InChI=1S/C14H18FNO/c1-14(17,11-6-4-2-3-5-7-11)13-9-8-12(15)10-16-13/h6,8-10,17H,2-5,7H2,1H3. The molecule has 0 amide bonds. The maximum absolute atomic E-state index is 12.8. The summed E-state index contributed by atoms with van der Waals surface area (Å²) in [4.78, 5) is 3.99. The molecule has 0 saturated heterocycles. The molecule has 1 aromatic rings. The van der Waals surface area contributed by atoms with Crippen molar-refractivity contribution in [2.24, 2.45) is 0 Å². The van der Waals surface area contributed by atoms with Gasteiger partial charge in [-0.05, 0) is 50.3 Å². The molecule has 0 aromatic carbocycles. The van der Waals surface area contributed by atoms with Crippen LogP contribution in [0.15, 0.2) is 30.0 Å². The van der Waals surface area contributed by atoms with Gasteiger partial charge in [0.1, 0.15) is 11.4 Å². The molecule has 0 saturated carbocycles. The number of hydrogen-bond acceptors (Lipinski definition) is 2. The quantitative estimate of drug-likeness (QED) is 0.798. The van der Waals surface area contributed by atoms with Crippen molar-refractivity contribution in [3.8, 4) is 0 Å². The van der Waals surface area contributed by atoms with E-state index in [1.165, 1.54) is 18.9 Å². The van der Waals surface area contributed by atoms with Gasteiger partial charge in [0.25, 0.3) is 0 Å². The summed E-state index contributed by atoms with van der Waals surface area (Å²) in [6.07, 6.45) is 8.64. The lowest BCUT2D eigenvalue weighted by Crippen LogP contribution is -2.25. The lowest BCUT2D eigenvalue weighted by Gasteiger charge is -2.26. The number of hydrogen-bond donors (Lipinski definition) is 1. The van der Waals surface area contributed by atoms with Gasteiger partial charge in [0.15, 0.2) is 0 Å². The molecule has 0 bridgehead atoms. The van der Waals surface area contributed by atoms with Crippen molar-refractivity contribution in [3.63, 3.8) is 0 Å². The molecule has 0 radical (unpaired) electrons. The van der Waals surface area contributed by atoms with Gasteiger partial charge in [-0.1, -0.05) is 12.5 Å². The Morgan fingerprint density at radius 1 is 1.29 bits per heavy atom. The molecule has 3 heteroatoms. The van der Waals surface area contributed by atoms with Crippen molar-refractivity contribution in [2.75, 3.05) is 0 Å². The molecule has 0 aliphatic heterocycles. The summed E-state index contributed by atoms with van der Waals surface area (Å²) < 4.78 is 12.8. The van der Waals surface area contributed by atoms with Crippen LogP contribution < -0.4 is 0 Å². The summed E-state index contributed by atoms with van der Waals surface area (Å²) in [5, 5.41) is 10.6. The maximum atomic E-state index is 12.8. The molecular weight excluding hydrogens is 217 g/mol. The summed E-state index contributed by atoms with van der Waals surface area (Å²) in [5.74, 6) is -0.376. The van der Waals surface area contributed by atoms with Crippen LogP contribution in [0.2, 0.25) is 0 Å². The molecule has 2 rings (SSSR count). The zero-order valence-corrected chi connectivity index (χ0v) is 10.1. The van der Waals surface area contributed by atoms with E-state index >= 15 is 0 Å². The summed E-state index contributed by atoms with van der Waals surface area (Å²) in [7, 11) is 0. The Balaban J connectivity index is 2.27. The van der Waals surface area contributed by atoms with E-state index in [1.807, 2.05) is 0 Å². The van der Waals surface area contributed by atoms with Crippen LogP contribution in [-0.4, -0.2) is 10.1 Å². The van der Waals surface area contributed by atoms with E-state index in [0.717, 1.165) is 31.0 Å². The highest BCUT2D eigenvalue weighted by atomic mass is 19.1. The van der Waals surface area contributed by atoms with Crippen molar-refractivity contribution in [2.45, 2.75) is 44.6 Å². The Labute approximate surface area is 101 Å². The zero-order chi connectivity index (χ0) is 12.3. The third-order valence-electron chi connectivity index (χ3n) is 3.39.